The molecule has 0 radical (unpaired) electrons. The number of rotatable bonds is 6. The van der Waals surface area contributed by atoms with Crippen molar-refractivity contribution in [3.8, 4) is 0 Å². The number of methoxy groups -OCH3 is 1. The number of furan rings is 1. The number of halogens is 1. The van der Waals surface area contributed by atoms with Gasteiger partial charge in [-0.2, -0.15) is 0 Å². The Hall–Kier alpha value is -0.870. The molecule has 0 spiro atoms. The normalized spacial score (nSPS) is 13.1. The van der Waals surface area contributed by atoms with Crippen molar-refractivity contribution >= 4 is 0 Å². The Morgan fingerprint density at radius 3 is 3.08 bits per heavy atom. The van der Waals surface area contributed by atoms with Crippen molar-refractivity contribution in [1.82, 2.24) is 5.32 Å². The van der Waals surface area contributed by atoms with Crippen LogP contribution in [0, 0.1) is 0 Å². The van der Waals surface area contributed by atoms with Crippen molar-refractivity contribution in [3.05, 3.63) is 24.2 Å². The number of hydrogen-bond donors (Lipinski definition) is 1. The molecule has 0 bridgehead atoms. The van der Waals surface area contributed by atoms with E-state index in [2.05, 4.69) is 5.32 Å². The first kappa shape index (κ1) is 10.2. The highest BCUT2D eigenvalue weighted by Gasteiger charge is 2.07. The van der Waals surface area contributed by atoms with Gasteiger partial charge in [0.15, 0.2) is 0 Å². The van der Waals surface area contributed by atoms with Crippen molar-refractivity contribution in [2.24, 2.45) is 0 Å². The molecule has 0 aromatic carbocycles. The van der Waals surface area contributed by atoms with Crippen LogP contribution in [-0.2, 0) is 11.3 Å². The summed E-state index contributed by atoms with van der Waals surface area (Å²) in [5.41, 5.74) is 0. The molecule has 4 heteroatoms. The topological polar surface area (TPSA) is 34.4 Å². The first-order chi connectivity index (χ1) is 6.36. The Morgan fingerprint density at radius 1 is 1.69 bits per heavy atom. The smallest absolute Gasteiger partial charge is 0.117 e. The molecule has 1 rings (SSSR count). The van der Waals surface area contributed by atoms with Gasteiger partial charge in [-0.1, -0.05) is 0 Å². The van der Waals surface area contributed by atoms with E-state index in [1.54, 1.807) is 19.4 Å². The van der Waals surface area contributed by atoms with E-state index in [1.807, 2.05) is 6.07 Å². The SMILES string of the molecule is COCC(CF)NCc1ccco1. The van der Waals surface area contributed by atoms with Crippen LogP contribution < -0.4 is 5.32 Å². The number of hydrogen-bond acceptors (Lipinski definition) is 3. The molecule has 0 aliphatic heterocycles. The van der Waals surface area contributed by atoms with Gasteiger partial charge in [0.25, 0.3) is 0 Å². The third-order valence-corrected chi connectivity index (χ3v) is 1.70. The van der Waals surface area contributed by atoms with Crippen LogP contribution in [0.3, 0.4) is 0 Å². The Labute approximate surface area is 76.9 Å². The predicted molar refractivity (Wildman–Crippen MR) is 47.2 cm³/mol. The van der Waals surface area contributed by atoms with E-state index in [1.165, 1.54) is 0 Å². The minimum absolute atomic E-state index is 0.255. The monoisotopic (exact) mass is 187 g/mol. The lowest BCUT2D eigenvalue weighted by Crippen LogP contribution is -2.34. The summed E-state index contributed by atoms with van der Waals surface area (Å²) in [4.78, 5) is 0. The fraction of sp³-hybridized carbons (Fsp3) is 0.556. The van der Waals surface area contributed by atoms with Gasteiger partial charge in [-0.15, -0.1) is 0 Å². The molecule has 74 valence electrons. The summed E-state index contributed by atoms with van der Waals surface area (Å²) < 4.78 is 22.2. The van der Waals surface area contributed by atoms with E-state index >= 15 is 0 Å². The highest BCUT2D eigenvalue weighted by molar-refractivity contribution is 4.97. The van der Waals surface area contributed by atoms with Gasteiger partial charge in [0.2, 0.25) is 0 Å². The van der Waals surface area contributed by atoms with E-state index in [-0.39, 0.29) is 6.04 Å². The van der Waals surface area contributed by atoms with Gasteiger partial charge in [0, 0.05) is 7.11 Å². The van der Waals surface area contributed by atoms with E-state index in [4.69, 9.17) is 9.15 Å². The first-order valence-electron chi connectivity index (χ1n) is 4.17. The second kappa shape index (κ2) is 5.72. The number of nitrogens with one attached hydrogen (secondary N) is 1. The Morgan fingerprint density at radius 2 is 2.54 bits per heavy atom. The number of alkyl halides is 1. The molecule has 3 nitrogen and oxygen atoms in total. The summed E-state index contributed by atoms with van der Waals surface area (Å²) in [6.07, 6.45) is 1.60. The molecular formula is C9H14FNO2. The van der Waals surface area contributed by atoms with Crippen molar-refractivity contribution in [3.63, 3.8) is 0 Å². The molecule has 1 heterocycles. The maximum absolute atomic E-state index is 12.3. The fourth-order valence-electron chi connectivity index (χ4n) is 1.02. The van der Waals surface area contributed by atoms with E-state index in [0.29, 0.717) is 13.2 Å². The van der Waals surface area contributed by atoms with Crippen LogP contribution in [0.15, 0.2) is 22.8 Å². The molecule has 0 saturated carbocycles. The van der Waals surface area contributed by atoms with Gasteiger partial charge in [-0.25, -0.2) is 4.39 Å². The maximum Gasteiger partial charge on any atom is 0.117 e. The Bertz CT molecular complexity index is 213. The molecule has 1 aromatic heterocycles. The lowest BCUT2D eigenvalue weighted by atomic mass is 10.3. The molecule has 1 atom stereocenters. The second-order valence-electron chi connectivity index (χ2n) is 2.77. The van der Waals surface area contributed by atoms with Gasteiger partial charge in [-0.3, -0.25) is 0 Å². The third kappa shape index (κ3) is 3.57. The average molecular weight is 187 g/mol. The maximum atomic E-state index is 12.3. The van der Waals surface area contributed by atoms with Crippen LogP contribution in [0.5, 0.6) is 0 Å². The molecular weight excluding hydrogens is 173 g/mol. The zero-order valence-electron chi connectivity index (χ0n) is 7.63. The molecule has 13 heavy (non-hydrogen) atoms. The van der Waals surface area contributed by atoms with Crippen molar-refractivity contribution in [2.75, 3.05) is 20.4 Å². The van der Waals surface area contributed by atoms with Gasteiger partial charge < -0.3 is 14.5 Å². The fourth-order valence-corrected chi connectivity index (χ4v) is 1.02. The summed E-state index contributed by atoms with van der Waals surface area (Å²) >= 11 is 0. The third-order valence-electron chi connectivity index (χ3n) is 1.70. The second-order valence-corrected chi connectivity index (χ2v) is 2.77. The van der Waals surface area contributed by atoms with Crippen LogP contribution in [0.4, 0.5) is 4.39 Å². The molecule has 0 amide bonds. The zero-order valence-corrected chi connectivity index (χ0v) is 7.63. The highest BCUT2D eigenvalue weighted by atomic mass is 19.1. The van der Waals surface area contributed by atoms with Gasteiger partial charge >= 0.3 is 0 Å². The van der Waals surface area contributed by atoms with E-state index < -0.39 is 6.67 Å². The average Bonchev–Trinajstić information content (AvgIpc) is 2.64. The Balaban J connectivity index is 2.23. The molecule has 0 aliphatic carbocycles. The molecule has 0 fully saturated rings. The van der Waals surface area contributed by atoms with Crippen LogP contribution in [0.2, 0.25) is 0 Å². The summed E-state index contributed by atoms with van der Waals surface area (Å²) in [6, 6.07) is 3.39. The van der Waals surface area contributed by atoms with Crippen LogP contribution in [0.25, 0.3) is 0 Å². The van der Waals surface area contributed by atoms with Gasteiger partial charge in [-0.05, 0) is 12.1 Å². The minimum Gasteiger partial charge on any atom is -0.468 e. The van der Waals surface area contributed by atoms with Crippen LogP contribution in [0.1, 0.15) is 5.76 Å². The van der Waals surface area contributed by atoms with Crippen molar-refractivity contribution in [1.29, 1.82) is 0 Å². The van der Waals surface area contributed by atoms with Gasteiger partial charge in [0.05, 0.1) is 25.5 Å². The van der Waals surface area contributed by atoms with Crippen LogP contribution >= 0.6 is 0 Å². The molecule has 1 N–H and O–H groups in total. The minimum atomic E-state index is -0.436. The van der Waals surface area contributed by atoms with E-state index in [0.717, 1.165) is 5.76 Å². The molecule has 0 aliphatic rings. The molecule has 1 unspecified atom stereocenters. The lowest BCUT2D eigenvalue weighted by molar-refractivity contribution is 0.151. The van der Waals surface area contributed by atoms with Crippen molar-refractivity contribution < 1.29 is 13.5 Å². The first-order valence-corrected chi connectivity index (χ1v) is 4.17. The van der Waals surface area contributed by atoms with Gasteiger partial charge in [0.1, 0.15) is 12.4 Å². The summed E-state index contributed by atoms with van der Waals surface area (Å²) in [7, 11) is 1.55. The zero-order chi connectivity index (χ0) is 9.52. The van der Waals surface area contributed by atoms with Crippen LogP contribution in [-0.4, -0.2) is 26.4 Å². The predicted octanol–water partition coefficient (Wildman–Crippen LogP) is 1.35. The number of ether oxygens (including phenoxy) is 1. The largest absolute Gasteiger partial charge is 0.468 e. The lowest BCUT2D eigenvalue weighted by Gasteiger charge is -2.12. The molecule has 1 aromatic rings. The standard InChI is InChI=1S/C9H14FNO2/c1-12-7-8(5-10)11-6-9-3-2-4-13-9/h2-4,8,11H,5-7H2,1H3. The quantitative estimate of drug-likeness (QED) is 0.730. The van der Waals surface area contributed by atoms with Crippen molar-refractivity contribution in [2.45, 2.75) is 12.6 Å². The highest BCUT2D eigenvalue weighted by Crippen LogP contribution is 1.99. The van der Waals surface area contributed by atoms with E-state index in [9.17, 15) is 4.39 Å². The summed E-state index contributed by atoms with van der Waals surface area (Å²) in [5.74, 6) is 0.801. The Kier molecular flexibility index (Phi) is 4.49. The summed E-state index contributed by atoms with van der Waals surface area (Å²) in [5, 5.41) is 2.98. The summed E-state index contributed by atoms with van der Waals surface area (Å²) in [6.45, 7) is 0.469. The molecule has 0 saturated heterocycles.